The molecule has 136 valence electrons. The van der Waals surface area contributed by atoms with Crippen LogP contribution >= 0.6 is 0 Å². The van der Waals surface area contributed by atoms with Crippen LogP contribution in [-0.4, -0.2) is 45.1 Å². The maximum Gasteiger partial charge on any atom is 0.269 e. The van der Waals surface area contributed by atoms with E-state index in [4.69, 9.17) is 9.26 Å². The SMILES string of the molecule is COCCc1noc([C@H](C)NC(=O)c2cc(-c3ccc(O)cc3)n[nH]2)n1. The first-order chi connectivity index (χ1) is 12.6. The second-order valence-electron chi connectivity index (χ2n) is 5.70. The molecular weight excluding hydrogens is 338 g/mol. The lowest BCUT2D eigenvalue weighted by Crippen LogP contribution is -2.27. The minimum absolute atomic E-state index is 0.167. The third-order valence-corrected chi connectivity index (χ3v) is 3.72. The number of carbonyl (C=O) groups excluding carboxylic acids is 1. The number of aromatic amines is 1. The van der Waals surface area contributed by atoms with Gasteiger partial charge in [0.2, 0.25) is 5.89 Å². The summed E-state index contributed by atoms with van der Waals surface area (Å²) in [5, 5.41) is 22.8. The number of aromatic nitrogens is 4. The van der Waals surface area contributed by atoms with Gasteiger partial charge >= 0.3 is 0 Å². The number of rotatable bonds is 7. The Hall–Kier alpha value is -3.20. The van der Waals surface area contributed by atoms with Crippen LogP contribution in [0.4, 0.5) is 0 Å². The van der Waals surface area contributed by atoms with Gasteiger partial charge in [0.1, 0.15) is 17.5 Å². The molecule has 26 heavy (non-hydrogen) atoms. The van der Waals surface area contributed by atoms with E-state index in [2.05, 4.69) is 25.7 Å². The Labute approximate surface area is 149 Å². The first-order valence-electron chi connectivity index (χ1n) is 8.04. The van der Waals surface area contributed by atoms with E-state index in [0.717, 1.165) is 5.56 Å². The van der Waals surface area contributed by atoms with Crippen LogP contribution in [0.2, 0.25) is 0 Å². The van der Waals surface area contributed by atoms with Crippen molar-refractivity contribution in [2.24, 2.45) is 0 Å². The summed E-state index contributed by atoms with van der Waals surface area (Å²) in [7, 11) is 1.60. The van der Waals surface area contributed by atoms with Crippen LogP contribution in [0.25, 0.3) is 11.3 Å². The lowest BCUT2D eigenvalue weighted by atomic mass is 10.1. The van der Waals surface area contributed by atoms with Crippen molar-refractivity contribution in [1.29, 1.82) is 0 Å². The molecular formula is C17H19N5O4. The molecule has 3 aromatic rings. The van der Waals surface area contributed by atoms with Gasteiger partial charge < -0.3 is 19.7 Å². The van der Waals surface area contributed by atoms with Crippen molar-refractivity contribution in [2.75, 3.05) is 13.7 Å². The number of H-pyrrole nitrogens is 1. The quantitative estimate of drug-likeness (QED) is 0.589. The van der Waals surface area contributed by atoms with Crippen LogP contribution in [0.15, 0.2) is 34.9 Å². The lowest BCUT2D eigenvalue weighted by Gasteiger charge is -2.07. The van der Waals surface area contributed by atoms with Crippen LogP contribution in [0.3, 0.4) is 0 Å². The molecule has 3 rings (SSSR count). The fourth-order valence-electron chi connectivity index (χ4n) is 2.29. The van der Waals surface area contributed by atoms with Gasteiger partial charge in [-0.2, -0.15) is 10.1 Å². The maximum absolute atomic E-state index is 12.4. The van der Waals surface area contributed by atoms with Crippen molar-refractivity contribution in [3.8, 4) is 17.0 Å². The van der Waals surface area contributed by atoms with Gasteiger partial charge in [0, 0.05) is 19.1 Å². The van der Waals surface area contributed by atoms with Gasteiger partial charge in [-0.1, -0.05) is 5.16 Å². The number of nitrogens with zero attached hydrogens (tertiary/aromatic N) is 3. The van der Waals surface area contributed by atoms with Gasteiger partial charge in [-0.3, -0.25) is 9.89 Å². The van der Waals surface area contributed by atoms with Gasteiger partial charge in [-0.25, -0.2) is 0 Å². The summed E-state index contributed by atoms with van der Waals surface area (Å²) in [6.45, 7) is 2.25. The maximum atomic E-state index is 12.4. The molecule has 0 unspecified atom stereocenters. The highest BCUT2D eigenvalue weighted by Gasteiger charge is 2.19. The van der Waals surface area contributed by atoms with Crippen LogP contribution in [0.1, 0.15) is 35.2 Å². The summed E-state index contributed by atoms with van der Waals surface area (Å²) in [5.74, 6) is 0.675. The zero-order valence-corrected chi connectivity index (χ0v) is 14.4. The molecule has 0 aliphatic carbocycles. The molecule has 0 aliphatic heterocycles. The summed E-state index contributed by atoms with van der Waals surface area (Å²) in [6.07, 6.45) is 0.539. The van der Waals surface area contributed by atoms with Crippen molar-refractivity contribution < 1.29 is 19.2 Å². The first-order valence-corrected chi connectivity index (χ1v) is 8.04. The summed E-state index contributed by atoms with van der Waals surface area (Å²) in [5.41, 5.74) is 1.69. The number of phenolic OH excluding ortho intramolecular Hbond substituents is 1. The van der Waals surface area contributed by atoms with Crippen LogP contribution in [-0.2, 0) is 11.2 Å². The van der Waals surface area contributed by atoms with Gasteiger partial charge in [0.25, 0.3) is 5.91 Å². The molecule has 0 aliphatic rings. The number of carbonyl (C=O) groups is 1. The molecule has 1 aromatic carbocycles. The molecule has 1 amide bonds. The number of methoxy groups -OCH3 is 1. The predicted molar refractivity (Wildman–Crippen MR) is 91.4 cm³/mol. The molecule has 0 spiro atoms. The summed E-state index contributed by atoms with van der Waals surface area (Å²) < 4.78 is 10.1. The van der Waals surface area contributed by atoms with E-state index in [1.165, 1.54) is 0 Å². The summed E-state index contributed by atoms with van der Waals surface area (Å²) in [4.78, 5) is 16.6. The van der Waals surface area contributed by atoms with E-state index in [1.807, 2.05) is 0 Å². The zero-order valence-electron chi connectivity index (χ0n) is 14.4. The number of nitrogens with one attached hydrogen (secondary N) is 2. The Kier molecular flexibility index (Phi) is 5.28. The number of phenols is 1. The average molecular weight is 357 g/mol. The highest BCUT2D eigenvalue weighted by molar-refractivity contribution is 5.93. The monoisotopic (exact) mass is 357 g/mol. The molecule has 0 saturated heterocycles. The normalized spacial score (nSPS) is 12.1. The van der Waals surface area contributed by atoms with E-state index in [0.29, 0.717) is 36.1 Å². The third kappa shape index (κ3) is 4.06. The zero-order chi connectivity index (χ0) is 18.5. The third-order valence-electron chi connectivity index (χ3n) is 3.72. The summed E-state index contributed by atoms with van der Waals surface area (Å²) >= 11 is 0. The van der Waals surface area contributed by atoms with Crippen molar-refractivity contribution in [1.82, 2.24) is 25.7 Å². The second kappa shape index (κ2) is 7.79. The van der Waals surface area contributed by atoms with Gasteiger partial charge in [0.15, 0.2) is 5.82 Å². The molecule has 2 aromatic heterocycles. The molecule has 0 saturated carbocycles. The molecule has 2 heterocycles. The molecule has 0 fully saturated rings. The number of amides is 1. The van der Waals surface area contributed by atoms with E-state index >= 15 is 0 Å². The van der Waals surface area contributed by atoms with Crippen molar-refractivity contribution in [3.05, 3.63) is 47.7 Å². The number of hydrogen-bond donors (Lipinski definition) is 3. The second-order valence-corrected chi connectivity index (χ2v) is 5.70. The largest absolute Gasteiger partial charge is 0.508 e. The highest BCUT2D eigenvalue weighted by atomic mass is 16.5. The topological polar surface area (TPSA) is 126 Å². The fraction of sp³-hybridized carbons (Fsp3) is 0.294. The van der Waals surface area contributed by atoms with Crippen LogP contribution in [0, 0.1) is 0 Å². The fourth-order valence-corrected chi connectivity index (χ4v) is 2.29. The molecule has 0 radical (unpaired) electrons. The van der Waals surface area contributed by atoms with Gasteiger partial charge in [-0.15, -0.1) is 0 Å². The molecule has 9 nitrogen and oxygen atoms in total. The molecule has 1 atom stereocenters. The standard InChI is InChI=1S/C17H19N5O4/c1-10(17-19-15(22-26-17)7-8-25-2)18-16(24)14-9-13(20-21-14)11-3-5-12(23)6-4-11/h3-6,9-10,23H,7-8H2,1-2H3,(H,18,24)(H,20,21)/t10-/m0/s1. The minimum Gasteiger partial charge on any atom is -0.508 e. The highest BCUT2D eigenvalue weighted by Crippen LogP contribution is 2.21. The Balaban J connectivity index is 1.64. The van der Waals surface area contributed by atoms with Crippen molar-refractivity contribution >= 4 is 5.91 Å². The summed E-state index contributed by atoms with van der Waals surface area (Å²) in [6, 6.07) is 7.73. The molecule has 3 N–H and O–H groups in total. The Bertz CT molecular complexity index is 871. The van der Waals surface area contributed by atoms with Gasteiger partial charge in [0.05, 0.1) is 12.3 Å². The number of benzene rings is 1. The van der Waals surface area contributed by atoms with Crippen molar-refractivity contribution in [3.63, 3.8) is 0 Å². The van der Waals surface area contributed by atoms with Crippen molar-refractivity contribution in [2.45, 2.75) is 19.4 Å². The lowest BCUT2D eigenvalue weighted by molar-refractivity contribution is 0.0927. The number of ether oxygens (including phenoxy) is 1. The Morgan fingerprint density at radius 2 is 2.15 bits per heavy atom. The van der Waals surface area contributed by atoms with Crippen LogP contribution in [0.5, 0.6) is 5.75 Å². The Morgan fingerprint density at radius 1 is 1.38 bits per heavy atom. The average Bonchev–Trinajstić information content (AvgIpc) is 3.30. The van der Waals surface area contributed by atoms with E-state index < -0.39 is 6.04 Å². The smallest absolute Gasteiger partial charge is 0.269 e. The van der Waals surface area contributed by atoms with Gasteiger partial charge in [-0.05, 0) is 37.3 Å². The Morgan fingerprint density at radius 3 is 2.88 bits per heavy atom. The number of aromatic hydroxyl groups is 1. The minimum atomic E-state index is -0.452. The predicted octanol–water partition coefficient (Wildman–Crippen LogP) is 1.85. The molecule has 0 bridgehead atoms. The first kappa shape index (κ1) is 17.6. The van der Waals surface area contributed by atoms with Crippen LogP contribution < -0.4 is 5.32 Å². The van der Waals surface area contributed by atoms with E-state index in [1.54, 1.807) is 44.4 Å². The van der Waals surface area contributed by atoms with E-state index in [9.17, 15) is 9.90 Å². The van der Waals surface area contributed by atoms with E-state index in [-0.39, 0.29) is 11.7 Å². The number of hydrogen-bond acceptors (Lipinski definition) is 7. The molecule has 9 heteroatoms.